The third-order valence-corrected chi connectivity index (χ3v) is 2.79. The van der Waals surface area contributed by atoms with Gasteiger partial charge in [-0.05, 0) is 64.7 Å². The predicted octanol–water partition coefficient (Wildman–Crippen LogP) is 4.12. The number of nitro benzene ring substituents is 1. The van der Waals surface area contributed by atoms with Crippen molar-refractivity contribution in [1.82, 2.24) is 0 Å². The molecular weight excluding hydrogens is 288 g/mol. The third-order valence-electron chi connectivity index (χ3n) is 2.79. The molecule has 0 unspecified atom stereocenters. The van der Waals surface area contributed by atoms with Gasteiger partial charge in [-0.1, -0.05) is 23.6 Å². The summed E-state index contributed by atoms with van der Waals surface area (Å²) in [6, 6.07) is 13.5. The molecule has 0 heterocycles. The molecule has 4 heteroatoms. The van der Waals surface area contributed by atoms with Crippen LogP contribution in [-0.2, 0) is 0 Å². The van der Waals surface area contributed by atoms with E-state index in [1.165, 1.54) is 12.1 Å². The number of rotatable bonds is 3. The zero-order valence-corrected chi connectivity index (χ0v) is 12.1. The lowest BCUT2D eigenvalue weighted by molar-refractivity contribution is -0.384. The minimum Gasteiger partial charge on any atom is -0.399 e. The molecular formula is C19H12N2O2. The molecule has 4 nitrogen and oxygen atoms in total. The van der Waals surface area contributed by atoms with Gasteiger partial charge in [-0.3, -0.25) is 10.1 Å². The Morgan fingerprint density at radius 1 is 0.826 bits per heavy atom. The van der Waals surface area contributed by atoms with Gasteiger partial charge in [-0.25, -0.2) is 0 Å². The maximum atomic E-state index is 10.5. The summed E-state index contributed by atoms with van der Waals surface area (Å²) in [4.78, 5) is 10.1. The van der Waals surface area contributed by atoms with Gasteiger partial charge >= 0.3 is 0 Å². The van der Waals surface area contributed by atoms with Gasteiger partial charge in [0.25, 0.3) is 5.69 Å². The van der Waals surface area contributed by atoms with Crippen LogP contribution < -0.4 is 5.73 Å². The smallest absolute Gasteiger partial charge is 0.269 e. The molecule has 0 radical (unpaired) electrons. The van der Waals surface area contributed by atoms with E-state index in [4.69, 9.17) is 5.73 Å². The molecule has 110 valence electrons. The van der Waals surface area contributed by atoms with Crippen LogP contribution in [0.15, 0.2) is 77.2 Å². The number of nitrogens with two attached hydrogens (primary N) is 1. The van der Waals surface area contributed by atoms with Crippen molar-refractivity contribution in [3.8, 4) is 0 Å². The van der Waals surface area contributed by atoms with Crippen molar-refractivity contribution in [3.05, 3.63) is 98.4 Å². The molecule has 0 aromatic heterocycles. The summed E-state index contributed by atoms with van der Waals surface area (Å²) in [5, 5.41) is 10.5. The van der Waals surface area contributed by atoms with E-state index in [9.17, 15) is 10.1 Å². The van der Waals surface area contributed by atoms with Crippen molar-refractivity contribution in [1.29, 1.82) is 0 Å². The van der Waals surface area contributed by atoms with E-state index >= 15 is 0 Å². The molecule has 0 saturated heterocycles. The fraction of sp³-hybridized carbons (Fsp3) is 0. The Labute approximate surface area is 133 Å². The first-order valence-corrected chi connectivity index (χ1v) is 6.67. The first-order chi connectivity index (χ1) is 11.1. The Morgan fingerprint density at radius 3 is 1.78 bits per heavy atom. The minimum atomic E-state index is -0.440. The average Bonchev–Trinajstić information content (AvgIpc) is 2.56. The lowest BCUT2D eigenvalue weighted by Gasteiger charge is -1.91. The highest BCUT2D eigenvalue weighted by molar-refractivity contribution is 5.53. The van der Waals surface area contributed by atoms with Crippen LogP contribution in [0, 0.1) is 10.1 Å². The molecule has 2 rings (SSSR count). The monoisotopic (exact) mass is 300 g/mol. The summed E-state index contributed by atoms with van der Waals surface area (Å²) in [7, 11) is 0. The van der Waals surface area contributed by atoms with Crippen molar-refractivity contribution < 1.29 is 4.92 Å². The molecule has 2 aromatic rings. The van der Waals surface area contributed by atoms with Crippen LogP contribution in [-0.4, -0.2) is 4.92 Å². The van der Waals surface area contributed by atoms with E-state index in [0.29, 0.717) is 5.69 Å². The van der Waals surface area contributed by atoms with Crippen molar-refractivity contribution in [2.75, 3.05) is 5.73 Å². The number of benzene rings is 2. The van der Waals surface area contributed by atoms with E-state index in [2.05, 4.69) is 28.7 Å². The van der Waals surface area contributed by atoms with Gasteiger partial charge in [0.2, 0.25) is 0 Å². The predicted molar refractivity (Wildman–Crippen MR) is 90.4 cm³/mol. The van der Waals surface area contributed by atoms with Crippen LogP contribution in [0.4, 0.5) is 11.4 Å². The van der Waals surface area contributed by atoms with Crippen LogP contribution in [0.3, 0.4) is 0 Å². The van der Waals surface area contributed by atoms with Crippen molar-refractivity contribution in [2.24, 2.45) is 0 Å². The number of non-ortho nitro benzene ring substituents is 1. The quantitative estimate of drug-likeness (QED) is 0.401. The first-order valence-electron chi connectivity index (χ1n) is 6.67. The topological polar surface area (TPSA) is 69.2 Å². The van der Waals surface area contributed by atoms with Gasteiger partial charge in [0.1, 0.15) is 0 Å². The Bertz CT molecular complexity index is 908. The summed E-state index contributed by atoms with van der Waals surface area (Å²) < 4.78 is 0. The fourth-order valence-electron chi connectivity index (χ4n) is 1.63. The van der Waals surface area contributed by atoms with Gasteiger partial charge in [0.05, 0.1) is 4.92 Å². The highest BCUT2D eigenvalue weighted by atomic mass is 16.6. The summed E-state index contributed by atoms with van der Waals surface area (Å²) in [5.41, 5.74) is 21.7. The molecule has 2 aromatic carbocycles. The minimum absolute atomic E-state index is 0.0531. The summed E-state index contributed by atoms with van der Waals surface area (Å²) in [6.07, 6.45) is 3.39. The summed E-state index contributed by atoms with van der Waals surface area (Å²) in [5.74, 6) is 0. The van der Waals surface area contributed by atoms with Gasteiger partial charge in [-0.2, -0.15) is 0 Å². The fourth-order valence-corrected chi connectivity index (χ4v) is 1.63. The second kappa shape index (κ2) is 7.90. The molecule has 23 heavy (non-hydrogen) atoms. The maximum Gasteiger partial charge on any atom is 0.269 e. The second-order valence-electron chi connectivity index (χ2n) is 4.47. The van der Waals surface area contributed by atoms with Crippen molar-refractivity contribution >= 4 is 23.5 Å². The van der Waals surface area contributed by atoms with E-state index in [0.717, 1.165) is 11.1 Å². The number of nitrogens with zero attached hydrogens (tertiary/aromatic N) is 1. The molecule has 0 aliphatic carbocycles. The normalized spacial score (nSPS) is 8.52. The SMILES string of the molecule is Nc1ccc(C=C=C=C=C=C=Cc2ccc([N+](=O)[O-])cc2)cc1. The third kappa shape index (κ3) is 5.28. The average molecular weight is 300 g/mol. The van der Waals surface area contributed by atoms with Gasteiger partial charge in [0, 0.05) is 17.8 Å². The lowest BCUT2D eigenvalue weighted by atomic mass is 10.2. The Kier molecular flexibility index (Phi) is 5.38. The van der Waals surface area contributed by atoms with Gasteiger partial charge < -0.3 is 5.73 Å². The largest absolute Gasteiger partial charge is 0.399 e. The molecule has 0 atom stereocenters. The Hall–Kier alpha value is -3.72. The van der Waals surface area contributed by atoms with Crippen molar-refractivity contribution in [3.63, 3.8) is 0 Å². The molecule has 0 amide bonds. The Morgan fingerprint density at radius 2 is 1.30 bits per heavy atom. The standard InChI is InChI=1S/C19H12N2O2/c20-18-12-8-16(9-13-18)6-4-2-1-3-5-7-17-10-14-19(15-11-17)21(22)23/h6-15H,20H2. The number of hydrogen-bond acceptors (Lipinski definition) is 3. The maximum absolute atomic E-state index is 10.5. The number of anilines is 1. The number of nitro groups is 1. The second-order valence-corrected chi connectivity index (χ2v) is 4.47. The van der Waals surface area contributed by atoms with Crippen molar-refractivity contribution in [2.45, 2.75) is 0 Å². The Balaban J connectivity index is 2.14. The van der Waals surface area contributed by atoms with Crippen LogP contribution in [0.1, 0.15) is 11.1 Å². The first kappa shape index (κ1) is 15.7. The van der Waals surface area contributed by atoms with E-state index in [1.807, 2.05) is 12.1 Å². The van der Waals surface area contributed by atoms with Crippen LogP contribution >= 0.6 is 0 Å². The van der Waals surface area contributed by atoms with Gasteiger partial charge in [0.15, 0.2) is 0 Å². The zero-order chi connectivity index (χ0) is 16.5. The van der Waals surface area contributed by atoms with Crippen LogP contribution in [0.2, 0.25) is 0 Å². The lowest BCUT2D eigenvalue weighted by Crippen LogP contribution is -1.86. The molecule has 2 N–H and O–H groups in total. The van der Waals surface area contributed by atoms with E-state index < -0.39 is 4.92 Å². The molecule has 0 saturated carbocycles. The zero-order valence-electron chi connectivity index (χ0n) is 12.1. The van der Waals surface area contributed by atoms with Gasteiger partial charge in [-0.15, -0.1) is 0 Å². The summed E-state index contributed by atoms with van der Waals surface area (Å²) in [6.45, 7) is 0. The molecule has 0 spiro atoms. The molecule has 0 bridgehead atoms. The molecule has 0 fully saturated rings. The number of nitrogen functional groups attached to an aromatic ring is 1. The van der Waals surface area contributed by atoms with Crippen LogP contribution in [0.25, 0.3) is 12.2 Å². The van der Waals surface area contributed by atoms with Crippen LogP contribution in [0.5, 0.6) is 0 Å². The highest BCUT2D eigenvalue weighted by Gasteiger charge is 2.01. The summed E-state index contributed by atoms with van der Waals surface area (Å²) >= 11 is 0. The highest BCUT2D eigenvalue weighted by Crippen LogP contribution is 2.12. The van der Waals surface area contributed by atoms with E-state index in [-0.39, 0.29) is 5.69 Å². The molecule has 0 aliphatic rings. The number of hydrogen-bond donors (Lipinski definition) is 1. The molecule has 0 aliphatic heterocycles. The van der Waals surface area contributed by atoms with E-state index in [1.54, 1.807) is 36.4 Å².